The number of nitrogens with one attached hydrogen (secondary N) is 1. The van der Waals surface area contributed by atoms with E-state index < -0.39 is 15.4 Å². The predicted molar refractivity (Wildman–Crippen MR) is 122 cm³/mol. The molecule has 2 aromatic heterocycles. The maximum Gasteiger partial charge on any atom is 0.230 e. The molecule has 1 N–H and O–H groups in total. The molecule has 0 radical (unpaired) electrons. The molecule has 4 rings (SSSR count). The first-order valence-electron chi connectivity index (χ1n) is 9.57. The van der Waals surface area contributed by atoms with Gasteiger partial charge in [-0.15, -0.1) is 21.5 Å². The second-order valence-electron chi connectivity index (χ2n) is 7.53. The van der Waals surface area contributed by atoms with Gasteiger partial charge in [-0.25, -0.2) is 8.42 Å². The highest BCUT2D eigenvalue weighted by Crippen LogP contribution is 2.34. The lowest BCUT2D eigenvalue weighted by Crippen LogP contribution is -2.47. The Kier molecular flexibility index (Phi) is 6.09. The summed E-state index contributed by atoms with van der Waals surface area (Å²) in [5, 5.41) is 14.1. The summed E-state index contributed by atoms with van der Waals surface area (Å²) in [6.45, 7) is 1.77. The summed E-state index contributed by atoms with van der Waals surface area (Å²) in [5.74, 6) is 1.25. The molecule has 1 atom stereocenters. The van der Waals surface area contributed by atoms with E-state index in [2.05, 4.69) is 15.5 Å². The van der Waals surface area contributed by atoms with Crippen molar-refractivity contribution in [3.8, 4) is 22.1 Å². The Hall–Kier alpha value is -2.37. The van der Waals surface area contributed by atoms with Crippen molar-refractivity contribution in [1.82, 2.24) is 20.1 Å². The number of sulfone groups is 1. The van der Waals surface area contributed by atoms with Crippen LogP contribution in [-0.2, 0) is 14.6 Å². The fourth-order valence-electron chi connectivity index (χ4n) is 3.57. The quantitative estimate of drug-likeness (QED) is 0.521. The van der Waals surface area contributed by atoms with Crippen molar-refractivity contribution in [2.45, 2.75) is 24.0 Å². The first kappa shape index (κ1) is 21.8. The van der Waals surface area contributed by atoms with Crippen molar-refractivity contribution in [2.75, 3.05) is 24.4 Å². The van der Waals surface area contributed by atoms with Crippen molar-refractivity contribution < 1.29 is 17.9 Å². The number of hydrogen-bond acceptors (Lipinski definition) is 8. The highest BCUT2D eigenvalue weighted by molar-refractivity contribution is 7.99. The van der Waals surface area contributed by atoms with Gasteiger partial charge >= 0.3 is 0 Å². The normalized spacial score (nSPS) is 19.9. The number of hydrogen-bond donors (Lipinski definition) is 1. The fraction of sp³-hybridized carbons (Fsp3) is 0.350. The van der Waals surface area contributed by atoms with E-state index in [1.165, 1.54) is 11.8 Å². The molecule has 3 heterocycles. The third kappa shape index (κ3) is 4.78. The maximum atomic E-state index is 12.6. The minimum atomic E-state index is -3.10. The van der Waals surface area contributed by atoms with Gasteiger partial charge in [-0.3, -0.25) is 9.36 Å². The summed E-state index contributed by atoms with van der Waals surface area (Å²) >= 11 is 2.79. The van der Waals surface area contributed by atoms with Crippen molar-refractivity contribution in [3.05, 3.63) is 41.8 Å². The number of ether oxygens (including phenoxy) is 1. The van der Waals surface area contributed by atoms with Crippen LogP contribution >= 0.6 is 23.1 Å². The number of rotatable bonds is 7. The van der Waals surface area contributed by atoms with Crippen LogP contribution in [0, 0.1) is 0 Å². The molecule has 1 aliphatic heterocycles. The third-order valence-electron chi connectivity index (χ3n) is 4.98. The molecule has 1 saturated heterocycles. The minimum absolute atomic E-state index is 0.0314. The smallest absolute Gasteiger partial charge is 0.230 e. The lowest BCUT2D eigenvalue weighted by Gasteiger charge is -2.23. The number of carbonyl (C=O) groups excluding carboxylic acids is 1. The van der Waals surface area contributed by atoms with Crippen molar-refractivity contribution in [3.63, 3.8) is 0 Å². The number of benzene rings is 1. The van der Waals surface area contributed by atoms with Crippen LogP contribution in [0.2, 0.25) is 0 Å². The number of nitrogens with zero attached hydrogens (tertiary/aromatic N) is 3. The summed E-state index contributed by atoms with van der Waals surface area (Å²) in [4.78, 5) is 13.5. The molecule has 1 aromatic carbocycles. The van der Waals surface area contributed by atoms with Crippen LogP contribution in [0.4, 0.5) is 0 Å². The summed E-state index contributed by atoms with van der Waals surface area (Å²) in [6, 6.07) is 11.5. The molecule has 1 amide bonds. The van der Waals surface area contributed by atoms with Gasteiger partial charge in [0.05, 0.1) is 40.5 Å². The molecular formula is C20H22N4O4S3. The minimum Gasteiger partial charge on any atom is -0.495 e. The number of para-hydroxylation sites is 2. The van der Waals surface area contributed by atoms with E-state index >= 15 is 0 Å². The monoisotopic (exact) mass is 478 g/mol. The van der Waals surface area contributed by atoms with Crippen LogP contribution in [-0.4, -0.2) is 59.0 Å². The lowest BCUT2D eigenvalue weighted by atomic mass is 10.0. The van der Waals surface area contributed by atoms with Crippen molar-refractivity contribution in [2.24, 2.45) is 0 Å². The molecule has 31 heavy (non-hydrogen) atoms. The highest BCUT2D eigenvalue weighted by atomic mass is 32.2. The van der Waals surface area contributed by atoms with E-state index in [0.29, 0.717) is 23.2 Å². The number of aromatic nitrogens is 3. The van der Waals surface area contributed by atoms with Gasteiger partial charge in [-0.1, -0.05) is 30.0 Å². The number of methoxy groups -OCH3 is 1. The first-order chi connectivity index (χ1) is 14.8. The SMILES string of the molecule is COc1ccccc1-n1c(SCC(=O)N[C@@]2(C)CCS(=O)(=O)C2)nnc1-c1cccs1. The summed E-state index contributed by atoms with van der Waals surface area (Å²) in [5.41, 5.74) is 0.0460. The van der Waals surface area contributed by atoms with Gasteiger partial charge in [-0.05, 0) is 36.9 Å². The lowest BCUT2D eigenvalue weighted by molar-refractivity contribution is -0.120. The first-order valence-corrected chi connectivity index (χ1v) is 13.3. The molecule has 0 unspecified atom stereocenters. The molecule has 1 aliphatic rings. The average molecular weight is 479 g/mol. The summed E-state index contributed by atoms with van der Waals surface area (Å²) in [6.07, 6.45) is 0.422. The molecule has 0 bridgehead atoms. The zero-order chi connectivity index (χ0) is 22.1. The maximum absolute atomic E-state index is 12.6. The summed E-state index contributed by atoms with van der Waals surface area (Å²) in [7, 11) is -1.50. The van der Waals surface area contributed by atoms with Crippen LogP contribution in [0.3, 0.4) is 0 Å². The molecule has 8 nitrogen and oxygen atoms in total. The molecule has 0 saturated carbocycles. The number of carbonyl (C=O) groups is 1. The molecule has 164 valence electrons. The van der Waals surface area contributed by atoms with E-state index in [9.17, 15) is 13.2 Å². The Morgan fingerprint density at radius 1 is 1.29 bits per heavy atom. The van der Waals surface area contributed by atoms with Crippen molar-refractivity contribution >= 4 is 38.8 Å². The Balaban J connectivity index is 1.58. The van der Waals surface area contributed by atoms with Gasteiger partial charge in [0.15, 0.2) is 20.8 Å². The Labute approximate surface area is 188 Å². The fourth-order valence-corrected chi connectivity index (χ4v) is 7.11. The van der Waals surface area contributed by atoms with E-state index in [-0.39, 0.29) is 23.2 Å². The van der Waals surface area contributed by atoms with Gasteiger partial charge < -0.3 is 10.1 Å². The van der Waals surface area contributed by atoms with Gasteiger partial charge in [0.25, 0.3) is 0 Å². The van der Waals surface area contributed by atoms with Crippen LogP contribution < -0.4 is 10.1 Å². The molecule has 3 aromatic rings. The highest BCUT2D eigenvalue weighted by Gasteiger charge is 2.39. The third-order valence-corrected chi connectivity index (χ3v) is 8.68. The number of amides is 1. The zero-order valence-corrected chi connectivity index (χ0v) is 19.5. The number of thiophene rings is 1. The Bertz CT molecular complexity index is 1190. The Morgan fingerprint density at radius 2 is 2.10 bits per heavy atom. The Morgan fingerprint density at radius 3 is 2.77 bits per heavy atom. The van der Waals surface area contributed by atoms with Gasteiger partial charge in [0.2, 0.25) is 5.91 Å². The van der Waals surface area contributed by atoms with Crippen LogP contribution in [0.1, 0.15) is 13.3 Å². The second-order valence-corrected chi connectivity index (χ2v) is 11.6. The predicted octanol–water partition coefficient (Wildman–Crippen LogP) is 2.79. The summed E-state index contributed by atoms with van der Waals surface area (Å²) < 4.78 is 31.0. The molecular weight excluding hydrogens is 456 g/mol. The van der Waals surface area contributed by atoms with Crippen molar-refractivity contribution in [1.29, 1.82) is 0 Å². The molecule has 0 spiro atoms. The molecule has 11 heteroatoms. The van der Waals surface area contributed by atoms with E-state index in [1.807, 2.05) is 46.3 Å². The average Bonchev–Trinajstić information content (AvgIpc) is 3.45. The van der Waals surface area contributed by atoms with Crippen LogP contribution in [0.5, 0.6) is 5.75 Å². The van der Waals surface area contributed by atoms with Crippen LogP contribution in [0.15, 0.2) is 46.9 Å². The topological polar surface area (TPSA) is 103 Å². The van der Waals surface area contributed by atoms with E-state index in [0.717, 1.165) is 10.6 Å². The molecule has 0 aliphatic carbocycles. The second kappa shape index (κ2) is 8.64. The molecule has 1 fully saturated rings. The zero-order valence-electron chi connectivity index (χ0n) is 17.1. The van der Waals surface area contributed by atoms with Gasteiger partial charge in [0, 0.05) is 0 Å². The van der Waals surface area contributed by atoms with Gasteiger partial charge in [0.1, 0.15) is 5.75 Å². The van der Waals surface area contributed by atoms with Gasteiger partial charge in [-0.2, -0.15) is 0 Å². The number of thioether (sulfide) groups is 1. The van der Waals surface area contributed by atoms with E-state index in [4.69, 9.17) is 4.74 Å². The van der Waals surface area contributed by atoms with Crippen LogP contribution in [0.25, 0.3) is 16.4 Å². The standard InChI is InChI=1S/C20H22N4O4S3/c1-20(9-11-31(26,27)13-20)21-17(25)12-30-19-23-22-18(16-8-5-10-29-16)24(19)14-6-3-4-7-15(14)28-2/h3-8,10H,9,11-13H2,1-2H3,(H,21,25)/t20-/m0/s1. The van der Waals surface area contributed by atoms with E-state index in [1.54, 1.807) is 25.4 Å². The largest absolute Gasteiger partial charge is 0.495 e.